The number of aryl methyl sites for hydroxylation is 1. The zero-order valence-electron chi connectivity index (χ0n) is 10.5. The molecule has 0 aliphatic carbocycles. The van der Waals surface area contributed by atoms with Gasteiger partial charge >= 0.3 is 0 Å². The third-order valence-corrected chi connectivity index (χ3v) is 2.55. The minimum absolute atomic E-state index is 0.226. The molecule has 0 atom stereocenters. The number of hydrogen-bond donors (Lipinski definition) is 2. The van der Waals surface area contributed by atoms with Crippen LogP contribution in [0.4, 0.5) is 21.8 Å². The minimum atomic E-state index is -0.447. The summed E-state index contributed by atoms with van der Waals surface area (Å²) in [7, 11) is 1.72. The van der Waals surface area contributed by atoms with Gasteiger partial charge in [-0.15, -0.1) is 0 Å². The summed E-state index contributed by atoms with van der Waals surface area (Å²) < 4.78 is 13.1. The van der Waals surface area contributed by atoms with Crippen molar-refractivity contribution in [1.29, 1.82) is 5.26 Å². The number of benzene rings is 1. The van der Waals surface area contributed by atoms with Crippen LogP contribution in [0.3, 0.4) is 0 Å². The van der Waals surface area contributed by atoms with Crippen LogP contribution in [0.25, 0.3) is 0 Å². The highest BCUT2D eigenvalue weighted by atomic mass is 19.1. The molecule has 0 saturated carbocycles. The Morgan fingerprint density at radius 3 is 2.84 bits per heavy atom. The highest BCUT2D eigenvalue weighted by Crippen LogP contribution is 2.22. The van der Waals surface area contributed by atoms with E-state index in [1.807, 2.05) is 13.0 Å². The summed E-state index contributed by atoms with van der Waals surface area (Å²) in [6, 6.07) is 5.92. The third kappa shape index (κ3) is 2.77. The molecule has 1 aromatic heterocycles. The first-order valence-corrected chi connectivity index (χ1v) is 5.62. The first kappa shape index (κ1) is 12.8. The van der Waals surface area contributed by atoms with E-state index >= 15 is 0 Å². The molecule has 0 bridgehead atoms. The second-order valence-corrected chi connectivity index (χ2v) is 3.90. The molecular formula is C13H12FN5. The molecule has 1 aromatic carbocycles. The van der Waals surface area contributed by atoms with E-state index < -0.39 is 5.82 Å². The first-order chi connectivity index (χ1) is 9.13. The molecule has 0 saturated heterocycles. The van der Waals surface area contributed by atoms with Gasteiger partial charge in [-0.2, -0.15) is 10.2 Å². The Balaban J connectivity index is 2.39. The van der Waals surface area contributed by atoms with E-state index in [1.54, 1.807) is 13.2 Å². The van der Waals surface area contributed by atoms with E-state index in [4.69, 9.17) is 5.26 Å². The molecule has 0 amide bonds. The Bertz CT molecular complexity index is 648. The van der Waals surface area contributed by atoms with Crippen molar-refractivity contribution >= 4 is 17.5 Å². The average molecular weight is 257 g/mol. The van der Waals surface area contributed by atoms with Crippen LogP contribution in [0, 0.1) is 24.1 Å². The van der Waals surface area contributed by atoms with Crippen molar-refractivity contribution in [2.45, 2.75) is 6.92 Å². The van der Waals surface area contributed by atoms with Gasteiger partial charge in [0.2, 0.25) is 5.95 Å². The summed E-state index contributed by atoms with van der Waals surface area (Å²) in [4.78, 5) is 8.32. The third-order valence-electron chi connectivity index (χ3n) is 2.55. The van der Waals surface area contributed by atoms with Crippen molar-refractivity contribution in [1.82, 2.24) is 9.97 Å². The molecule has 0 unspecified atom stereocenters. The monoisotopic (exact) mass is 257 g/mol. The Labute approximate surface area is 110 Å². The molecule has 0 aliphatic heterocycles. The van der Waals surface area contributed by atoms with Crippen LogP contribution >= 0.6 is 0 Å². The lowest BCUT2D eigenvalue weighted by Crippen LogP contribution is -2.03. The molecule has 0 fully saturated rings. The number of nitrogens with zero attached hydrogens (tertiary/aromatic N) is 3. The largest absolute Gasteiger partial charge is 0.357 e. The highest BCUT2D eigenvalue weighted by Gasteiger charge is 2.08. The molecule has 19 heavy (non-hydrogen) atoms. The van der Waals surface area contributed by atoms with E-state index in [0.717, 1.165) is 5.56 Å². The number of aromatic nitrogens is 2. The maximum Gasteiger partial charge on any atom is 0.224 e. The molecule has 2 N–H and O–H groups in total. The maximum absolute atomic E-state index is 13.1. The Hall–Kier alpha value is -2.68. The normalized spacial score (nSPS) is 9.79. The highest BCUT2D eigenvalue weighted by molar-refractivity contribution is 5.66. The van der Waals surface area contributed by atoms with Crippen LogP contribution in [0.5, 0.6) is 0 Å². The molecule has 1 heterocycles. The fourth-order valence-electron chi connectivity index (χ4n) is 1.53. The summed E-state index contributed by atoms with van der Waals surface area (Å²) in [5.41, 5.74) is 1.56. The number of nitriles is 1. The van der Waals surface area contributed by atoms with Crippen LogP contribution in [0.1, 0.15) is 11.1 Å². The summed E-state index contributed by atoms with van der Waals surface area (Å²) in [6.07, 6.45) is 1.66. The van der Waals surface area contributed by atoms with Gasteiger partial charge in [-0.25, -0.2) is 9.37 Å². The molecule has 0 spiro atoms. The van der Waals surface area contributed by atoms with Gasteiger partial charge in [0.25, 0.3) is 0 Å². The fraction of sp³-hybridized carbons (Fsp3) is 0.154. The van der Waals surface area contributed by atoms with Gasteiger partial charge in [-0.3, -0.25) is 0 Å². The maximum atomic E-state index is 13.1. The summed E-state index contributed by atoms with van der Waals surface area (Å²) in [6.45, 7) is 1.84. The average Bonchev–Trinajstić information content (AvgIpc) is 2.43. The van der Waals surface area contributed by atoms with Gasteiger partial charge in [0.05, 0.1) is 11.3 Å². The van der Waals surface area contributed by atoms with Crippen molar-refractivity contribution in [2.75, 3.05) is 17.7 Å². The van der Waals surface area contributed by atoms with Crippen LogP contribution in [0.15, 0.2) is 24.4 Å². The van der Waals surface area contributed by atoms with Gasteiger partial charge in [0, 0.05) is 18.8 Å². The van der Waals surface area contributed by atoms with Crippen LogP contribution in [-0.2, 0) is 0 Å². The number of rotatable bonds is 3. The Morgan fingerprint density at radius 2 is 2.16 bits per heavy atom. The molecule has 96 valence electrons. The second kappa shape index (κ2) is 5.31. The van der Waals surface area contributed by atoms with Crippen molar-refractivity contribution in [3.05, 3.63) is 41.3 Å². The molecule has 0 aliphatic rings. The van der Waals surface area contributed by atoms with Gasteiger partial charge in [0.15, 0.2) is 0 Å². The summed E-state index contributed by atoms with van der Waals surface area (Å²) in [5, 5.41) is 14.8. The lowest BCUT2D eigenvalue weighted by atomic mass is 10.2. The number of halogens is 1. The minimum Gasteiger partial charge on any atom is -0.357 e. The van der Waals surface area contributed by atoms with E-state index in [1.165, 1.54) is 18.2 Å². The zero-order valence-corrected chi connectivity index (χ0v) is 10.5. The quantitative estimate of drug-likeness (QED) is 0.884. The van der Waals surface area contributed by atoms with Crippen LogP contribution < -0.4 is 10.6 Å². The van der Waals surface area contributed by atoms with E-state index in [9.17, 15) is 4.39 Å². The number of hydrogen-bond acceptors (Lipinski definition) is 5. The van der Waals surface area contributed by atoms with Crippen molar-refractivity contribution in [3.63, 3.8) is 0 Å². The number of nitrogens with one attached hydrogen (secondary N) is 2. The van der Waals surface area contributed by atoms with Gasteiger partial charge in [-0.05, 0) is 25.1 Å². The summed E-state index contributed by atoms with van der Waals surface area (Å²) in [5.74, 6) is 0.591. The predicted molar refractivity (Wildman–Crippen MR) is 70.7 cm³/mol. The molecule has 2 rings (SSSR count). The second-order valence-electron chi connectivity index (χ2n) is 3.90. The standard InChI is InChI=1S/C13H12FN5/c1-8-7-17-13(16-2)19-12(8)18-11-4-3-10(14)5-9(11)6-15/h3-5,7H,1-2H3,(H2,16,17,18,19). The SMILES string of the molecule is CNc1ncc(C)c(Nc2ccc(F)cc2C#N)n1. The predicted octanol–water partition coefficient (Wildman–Crippen LogP) is 2.58. The zero-order chi connectivity index (χ0) is 13.8. The topological polar surface area (TPSA) is 73.6 Å². The van der Waals surface area contributed by atoms with Gasteiger partial charge in [0.1, 0.15) is 17.7 Å². The Kier molecular flexibility index (Phi) is 3.57. The van der Waals surface area contributed by atoms with E-state index in [2.05, 4.69) is 20.6 Å². The van der Waals surface area contributed by atoms with Crippen LogP contribution in [0.2, 0.25) is 0 Å². The van der Waals surface area contributed by atoms with Crippen molar-refractivity contribution in [3.8, 4) is 6.07 Å². The van der Waals surface area contributed by atoms with Crippen molar-refractivity contribution in [2.24, 2.45) is 0 Å². The lowest BCUT2D eigenvalue weighted by Gasteiger charge is -2.10. The van der Waals surface area contributed by atoms with E-state index in [0.29, 0.717) is 17.5 Å². The molecule has 6 heteroatoms. The Morgan fingerprint density at radius 1 is 1.37 bits per heavy atom. The van der Waals surface area contributed by atoms with Crippen LogP contribution in [-0.4, -0.2) is 17.0 Å². The molecule has 0 radical (unpaired) electrons. The van der Waals surface area contributed by atoms with E-state index in [-0.39, 0.29) is 5.56 Å². The molecule has 5 nitrogen and oxygen atoms in total. The molecule has 2 aromatic rings. The fourth-order valence-corrected chi connectivity index (χ4v) is 1.53. The number of anilines is 3. The van der Waals surface area contributed by atoms with Crippen molar-refractivity contribution < 1.29 is 4.39 Å². The smallest absolute Gasteiger partial charge is 0.224 e. The summed E-state index contributed by atoms with van der Waals surface area (Å²) >= 11 is 0. The van der Waals surface area contributed by atoms with Gasteiger partial charge < -0.3 is 10.6 Å². The lowest BCUT2D eigenvalue weighted by molar-refractivity contribution is 0.627. The first-order valence-electron chi connectivity index (χ1n) is 5.62. The van der Waals surface area contributed by atoms with Gasteiger partial charge in [-0.1, -0.05) is 0 Å². The molecular weight excluding hydrogens is 245 g/mol.